The Morgan fingerprint density at radius 2 is 1.31 bits per heavy atom. The van der Waals surface area contributed by atoms with Crippen molar-refractivity contribution in [3.05, 3.63) is 47.5 Å². The minimum absolute atomic E-state index is 0.130. The second-order valence-corrected chi connectivity index (χ2v) is 26.8. The molecule has 254 valence electrons. The molecule has 6 heteroatoms. The molecule has 1 aliphatic rings. The molecule has 0 aliphatic heterocycles. The number of hydrogen-bond acceptors (Lipinski definition) is 4. The Morgan fingerprint density at radius 1 is 0.800 bits per heavy atom. The van der Waals surface area contributed by atoms with Crippen LogP contribution >= 0.6 is 0 Å². The van der Waals surface area contributed by atoms with Crippen LogP contribution in [0.4, 0.5) is 0 Å². The van der Waals surface area contributed by atoms with Crippen molar-refractivity contribution in [2.75, 3.05) is 0 Å². The van der Waals surface area contributed by atoms with E-state index in [2.05, 4.69) is 111 Å². The zero-order valence-electron chi connectivity index (χ0n) is 30.9. The predicted octanol–water partition coefficient (Wildman–Crippen LogP) is 11.3. The number of carbonyl (C=O) groups excluding carboxylic acids is 1. The average molecular weight is 655 g/mol. The smallest absolute Gasteiger partial charge is 0.192 e. The molecular formula is C39H66O4Si2. The molecule has 45 heavy (non-hydrogen) atoms. The fraction of sp³-hybridized carbons (Fsp3) is 0.718. The molecular weight excluding hydrogens is 589 g/mol. The number of unbranched alkanes of at least 4 members (excludes halogenated alkanes) is 3. The molecule has 3 rings (SSSR count). The van der Waals surface area contributed by atoms with Crippen molar-refractivity contribution in [3.63, 3.8) is 0 Å². The third kappa shape index (κ3) is 10.3. The van der Waals surface area contributed by atoms with Crippen LogP contribution in [0, 0.1) is 18.8 Å². The van der Waals surface area contributed by atoms with Gasteiger partial charge in [0, 0.05) is 6.42 Å². The molecule has 0 saturated heterocycles. The van der Waals surface area contributed by atoms with Crippen LogP contribution in [0.3, 0.4) is 0 Å². The largest absolute Gasteiger partial charge is 0.414 e. The first-order valence-electron chi connectivity index (χ1n) is 17.8. The summed E-state index contributed by atoms with van der Waals surface area (Å²) in [5.41, 5.74) is 2.26. The van der Waals surface area contributed by atoms with E-state index in [4.69, 9.17) is 8.85 Å². The molecule has 0 bridgehead atoms. The number of ketones is 1. The van der Waals surface area contributed by atoms with Crippen LogP contribution in [0.25, 0.3) is 10.8 Å². The van der Waals surface area contributed by atoms with Crippen molar-refractivity contribution in [2.24, 2.45) is 11.8 Å². The standard InChI is InChI=1S/C39H66O4Si2/c1-28-19-20-31-26-32(22-21-30(31)25-28)35(41)24-23-34-33(18-16-14-13-15-17-29(2)40)36(42-44(9,10)38(3,4)5)27-37(34)43-45(11,12)39(6,7)8/h19-22,25-26,33-37,41H,13-18,23-24,27H2,1-12H3/t33-,34-,35?,36+,37?/m1/s1. The van der Waals surface area contributed by atoms with Crippen molar-refractivity contribution in [3.8, 4) is 0 Å². The molecule has 2 aromatic rings. The normalized spacial score (nSPS) is 22.2. The van der Waals surface area contributed by atoms with Gasteiger partial charge in [0.15, 0.2) is 16.6 Å². The SMILES string of the molecule is CC(=O)CCCCCC[C@H]1[C@@H](O[Si](C)(C)C(C)(C)C)CC(O[Si](C)(C)C(C)(C)C)[C@@H]1CCC(O)c1ccc2cc(C)ccc2c1. The zero-order chi connectivity index (χ0) is 33.8. The summed E-state index contributed by atoms with van der Waals surface area (Å²) in [6.45, 7) is 27.3. The summed E-state index contributed by atoms with van der Waals surface area (Å²) < 4.78 is 14.5. The van der Waals surface area contributed by atoms with Gasteiger partial charge in [-0.1, -0.05) is 96.7 Å². The van der Waals surface area contributed by atoms with Crippen LogP contribution in [-0.2, 0) is 13.6 Å². The van der Waals surface area contributed by atoms with Gasteiger partial charge in [-0.2, -0.15) is 0 Å². The third-order valence-electron chi connectivity index (χ3n) is 11.5. The van der Waals surface area contributed by atoms with E-state index in [1.807, 2.05) is 0 Å². The van der Waals surface area contributed by atoms with E-state index in [1.54, 1.807) is 6.92 Å². The lowest BCUT2D eigenvalue weighted by Crippen LogP contribution is -2.45. The summed E-state index contributed by atoms with van der Waals surface area (Å²) >= 11 is 0. The number of rotatable bonds is 15. The fourth-order valence-corrected chi connectivity index (χ4v) is 9.29. The summed E-state index contributed by atoms with van der Waals surface area (Å²) in [5.74, 6) is 1.05. The maximum absolute atomic E-state index is 11.5. The van der Waals surface area contributed by atoms with Crippen LogP contribution in [0.15, 0.2) is 36.4 Å². The summed E-state index contributed by atoms with van der Waals surface area (Å²) in [6, 6.07) is 12.9. The first kappa shape index (κ1) is 38.1. The van der Waals surface area contributed by atoms with Gasteiger partial charge in [0.25, 0.3) is 0 Å². The highest BCUT2D eigenvalue weighted by molar-refractivity contribution is 6.74. The van der Waals surface area contributed by atoms with Gasteiger partial charge in [0.1, 0.15) is 5.78 Å². The second kappa shape index (κ2) is 15.3. The van der Waals surface area contributed by atoms with Crippen LogP contribution in [0.5, 0.6) is 0 Å². The Bertz CT molecular complexity index is 1260. The first-order chi connectivity index (χ1) is 20.7. The Morgan fingerprint density at radius 3 is 1.87 bits per heavy atom. The van der Waals surface area contributed by atoms with Gasteiger partial charge in [0.2, 0.25) is 0 Å². The van der Waals surface area contributed by atoms with E-state index in [0.29, 0.717) is 24.0 Å². The molecule has 1 fully saturated rings. The number of Topliss-reactive ketones (excluding diaryl/α,β-unsaturated/α-hetero) is 1. The van der Waals surface area contributed by atoms with Crippen molar-refractivity contribution in [1.29, 1.82) is 0 Å². The van der Waals surface area contributed by atoms with Crippen LogP contribution in [0.2, 0.25) is 36.3 Å². The molecule has 4 nitrogen and oxygen atoms in total. The Balaban J connectivity index is 1.87. The third-order valence-corrected chi connectivity index (χ3v) is 20.5. The molecule has 1 saturated carbocycles. The summed E-state index contributed by atoms with van der Waals surface area (Å²) in [6.07, 6.45) is 8.63. The van der Waals surface area contributed by atoms with Gasteiger partial charge in [-0.3, -0.25) is 0 Å². The number of aliphatic hydroxyl groups is 1. The lowest BCUT2D eigenvalue weighted by Gasteiger charge is -2.40. The Hall–Kier alpha value is -1.32. The van der Waals surface area contributed by atoms with E-state index in [1.165, 1.54) is 16.3 Å². The van der Waals surface area contributed by atoms with Gasteiger partial charge >= 0.3 is 0 Å². The zero-order valence-corrected chi connectivity index (χ0v) is 32.9. The van der Waals surface area contributed by atoms with Crippen molar-refractivity contribution in [2.45, 2.75) is 168 Å². The molecule has 1 N–H and O–H groups in total. The molecule has 2 aromatic carbocycles. The number of benzene rings is 2. The predicted molar refractivity (Wildman–Crippen MR) is 197 cm³/mol. The summed E-state index contributed by atoms with van der Waals surface area (Å²) in [4.78, 5) is 11.5. The monoisotopic (exact) mass is 654 g/mol. The van der Waals surface area contributed by atoms with Gasteiger partial charge in [-0.05, 0) is 116 Å². The quantitative estimate of drug-likeness (QED) is 0.153. The number of aryl methyl sites for hydroxylation is 1. The fourth-order valence-electron chi connectivity index (χ4n) is 6.53. The maximum atomic E-state index is 11.5. The molecule has 0 spiro atoms. The topological polar surface area (TPSA) is 55.8 Å². The number of fused-ring (bicyclic) bond motifs is 1. The molecule has 0 amide bonds. The highest BCUT2D eigenvalue weighted by Gasteiger charge is 2.51. The number of hydrogen-bond donors (Lipinski definition) is 1. The van der Waals surface area contributed by atoms with E-state index in [9.17, 15) is 9.90 Å². The van der Waals surface area contributed by atoms with E-state index < -0.39 is 22.7 Å². The van der Waals surface area contributed by atoms with E-state index in [0.717, 1.165) is 56.9 Å². The van der Waals surface area contributed by atoms with Crippen LogP contribution in [0.1, 0.15) is 123 Å². The molecule has 1 aliphatic carbocycles. The maximum Gasteiger partial charge on any atom is 0.192 e. The summed E-state index contributed by atoms with van der Waals surface area (Å²) in [7, 11) is -4.02. The molecule has 0 aromatic heterocycles. The molecule has 5 atom stereocenters. The highest BCUT2D eigenvalue weighted by Crippen LogP contribution is 2.49. The minimum atomic E-state index is -2.02. The van der Waals surface area contributed by atoms with Crippen LogP contribution in [-0.4, -0.2) is 39.7 Å². The lowest BCUT2D eigenvalue weighted by molar-refractivity contribution is -0.117. The summed E-state index contributed by atoms with van der Waals surface area (Å²) in [5, 5.41) is 14.2. The van der Waals surface area contributed by atoms with Crippen molar-refractivity contribution >= 4 is 33.2 Å². The molecule has 0 radical (unpaired) electrons. The van der Waals surface area contributed by atoms with Crippen LogP contribution < -0.4 is 0 Å². The Kier molecular flexibility index (Phi) is 12.9. The highest BCUT2D eigenvalue weighted by atomic mass is 28.4. The van der Waals surface area contributed by atoms with Gasteiger partial charge in [-0.15, -0.1) is 0 Å². The lowest BCUT2D eigenvalue weighted by atomic mass is 9.84. The van der Waals surface area contributed by atoms with Gasteiger partial charge in [0.05, 0.1) is 18.3 Å². The second-order valence-electron chi connectivity index (χ2n) is 17.3. The number of aliphatic hydroxyl groups excluding tert-OH is 1. The number of carbonyl (C=O) groups is 1. The first-order valence-corrected chi connectivity index (χ1v) is 23.6. The van der Waals surface area contributed by atoms with E-state index in [-0.39, 0.29) is 22.3 Å². The molecule has 0 heterocycles. The van der Waals surface area contributed by atoms with Crippen molar-refractivity contribution < 1.29 is 18.8 Å². The van der Waals surface area contributed by atoms with Crippen molar-refractivity contribution in [1.82, 2.24) is 0 Å². The average Bonchev–Trinajstić information content (AvgIpc) is 3.21. The minimum Gasteiger partial charge on any atom is -0.414 e. The Labute approximate surface area is 278 Å². The van der Waals surface area contributed by atoms with Gasteiger partial charge in [-0.25, -0.2) is 0 Å². The van der Waals surface area contributed by atoms with E-state index >= 15 is 0 Å². The van der Waals surface area contributed by atoms with Gasteiger partial charge < -0.3 is 18.8 Å². The molecule has 2 unspecified atom stereocenters.